The second-order valence-corrected chi connectivity index (χ2v) is 5.05. The largest absolute Gasteiger partial charge is 0.451 e. The molecule has 0 N–H and O–H groups in total. The Morgan fingerprint density at radius 3 is 3.05 bits per heavy atom. The van der Waals surface area contributed by atoms with E-state index in [1.807, 2.05) is 13.1 Å². The lowest BCUT2D eigenvalue weighted by atomic mass is 10.2. The number of imidazole rings is 1. The average molecular weight is 290 g/mol. The standard InChI is InChI=1S/C14H18N4O3/c1-10-13-15-7-11(3-6-20-2)18(13)5-4-17(10)14(19)12-8-21-9-16-12/h7-10H,3-6H2,1-2H3/t10-/m1/s1. The van der Waals surface area contributed by atoms with E-state index in [2.05, 4.69) is 14.5 Å². The molecule has 1 amide bonds. The number of amides is 1. The monoisotopic (exact) mass is 290 g/mol. The van der Waals surface area contributed by atoms with Crippen LogP contribution >= 0.6 is 0 Å². The minimum Gasteiger partial charge on any atom is -0.451 e. The van der Waals surface area contributed by atoms with E-state index in [1.54, 1.807) is 12.0 Å². The van der Waals surface area contributed by atoms with Crippen molar-refractivity contribution in [1.82, 2.24) is 19.4 Å². The smallest absolute Gasteiger partial charge is 0.276 e. The molecule has 0 unspecified atom stereocenters. The lowest BCUT2D eigenvalue weighted by Crippen LogP contribution is -2.41. The van der Waals surface area contributed by atoms with Crippen LogP contribution in [-0.4, -0.2) is 45.6 Å². The van der Waals surface area contributed by atoms with E-state index >= 15 is 0 Å². The highest BCUT2D eigenvalue weighted by atomic mass is 16.5. The molecule has 0 fully saturated rings. The Kier molecular flexibility index (Phi) is 3.74. The summed E-state index contributed by atoms with van der Waals surface area (Å²) in [5.74, 6) is 0.785. The fourth-order valence-corrected chi connectivity index (χ4v) is 2.71. The number of methoxy groups -OCH3 is 1. The third-order valence-corrected chi connectivity index (χ3v) is 3.85. The molecule has 7 heteroatoms. The van der Waals surface area contributed by atoms with Gasteiger partial charge in [-0.15, -0.1) is 0 Å². The summed E-state index contributed by atoms with van der Waals surface area (Å²) in [6, 6.07) is -0.0840. The van der Waals surface area contributed by atoms with Gasteiger partial charge in [0.2, 0.25) is 0 Å². The number of oxazole rings is 1. The van der Waals surface area contributed by atoms with Crippen molar-refractivity contribution < 1.29 is 13.9 Å². The van der Waals surface area contributed by atoms with E-state index < -0.39 is 0 Å². The maximum Gasteiger partial charge on any atom is 0.276 e. The van der Waals surface area contributed by atoms with Crippen molar-refractivity contribution in [3.63, 3.8) is 0 Å². The Morgan fingerprint density at radius 1 is 1.48 bits per heavy atom. The first-order chi connectivity index (χ1) is 10.2. The average Bonchev–Trinajstić information content (AvgIpc) is 3.15. The molecule has 1 aliphatic heterocycles. The predicted molar refractivity (Wildman–Crippen MR) is 73.8 cm³/mol. The third kappa shape index (κ3) is 2.44. The molecule has 2 aromatic rings. The molecule has 0 radical (unpaired) electrons. The lowest BCUT2D eigenvalue weighted by Gasteiger charge is -2.34. The Bertz CT molecular complexity index is 620. The SMILES string of the molecule is COCCc1cnc2n1CCN(C(=O)c1cocn1)[C@@H]2C. The van der Waals surface area contributed by atoms with Crippen molar-refractivity contribution in [3.8, 4) is 0 Å². The first-order valence-electron chi connectivity index (χ1n) is 6.94. The lowest BCUT2D eigenvalue weighted by molar-refractivity contribution is 0.0629. The maximum absolute atomic E-state index is 12.4. The van der Waals surface area contributed by atoms with Gasteiger partial charge >= 0.3 is 0 Å². The fraction of sp³-hybridized carbons (Fsp3) is 0.500. The van der Waals surface area contributed by atoms with E-state index in [4.69, 9.17) is 9.15 Å². The molecular weight excluding hydrogens is 272 g/mol. The van der Waals surface area contributed by atoms with Crippen LogP contribution in [0.15, 0.2) is 23.3 Å². The first-order valence-corrected chi connectivity index (χ1v) is 6.94. The van der Waals surface area contributed by atoms with Gasteiger partial charge in [-0.2, -0.15) is 0 Å². The summed E-state index contributed by atoms with van der Waals surface area (Å²) in [5, 5.41) is 0. The van der Waals surface area contributed by atoms with Crippen LogP contribution in [0.1, 0.15) is 35.0 Å². The molecule has 0 aliphatic carbocycles. The van der Waals surface area contributed by atoms with Crippen LogP contribution < -0.4 is 0 Å². The van der Waals surface area contributed by atoms with Crippen LogP contribution in [0.25, 0.3) is 0 Å². The van der Waals surface area contributed by atoms with Gasteiger partial charge in [0.15, 0.2) is 12.1 Å². The highest BCUT2D eigenvalue weighted by Crippen LogP contribution is 2.26. The van der Waals surface area contributed by atoms with Gasteiger partial charge in [0.05, 0.1) is 12.6 Å². The molecule has 2 aromatic heterocycles. The zero-order valence-electron chi connectivity index (χ0n) is 12.2. The molecule has 0 aromatic carbocycles. The number of rotatable bonds is 4. The summed E-state index contributed by atoms with van der Waals surface area (Å²) in [7, 11) is 1.69. The van der Waals surface area contributed by atoms with Gasteiger partial charge in [-0.05, 0) is 6.92 Å². The van der Waals surface area contributed by atoms with Gasteiger partial charge in [0, 0.05) is 38.5 Å². The third-order valence-electron chi connectivity index (χ3n) is 3.85. The van der Waals surface area contributed by atoms with Gasteiger partial charge in [-0.1, -0.05) is 0 Å². The maximum atomic E-state index is 12.4. The molecule has 0 spiro atoms. The molecule has 21 heavy (non-hydrogen) atoms. The summed E-state index contributed by atoms with van der Waals surface area (Å²) in [6.07, 6.45) is 5.34. The summed E-state index contributed by atoms with van der Waals surface area (Å²) in [5.41, 5.74) is 1.48. The van der Waals surface area contributed by atoms with E-state index in [9.17, 15) is 4.79 Å². The van der Waals surface area contributed by atoms with Gasteiger partial charge < -0.3 is 18.6 Å². The topological polar surface area (TPSA) is 73.4 Å². The second kappa shape index (κ2) is 5.69. The minimum atomic E-state index is -0.121. The normalized spacial score (nSPS) is 17.8. The van der Waals surface area contributed by atoms with E-state index in [-0.39, 0.29) is 11.9 Å². The molecule has 0 bridgehead atoms. The van der Waals surface area contributed by atoms with Crippen molar-refractivity contribution in [2.75, 3.05) is 20.3 Å². The summed E-state index contributed by atoms with van der Waals surface area (Å²) < 4.78 is 12.2. The van der Waals surface area contributed by atoms with Crippen LogP contribution in [0.3, 0.4) is 0 Å². The molecule has 7 nitrogen and oxygen atoms in total. The van der Waals surface area contributed by atoms with Gasteiger partial charge in [-0.3, -0.25) is 4.79 Å². The van der Waals surface area contributed by atoms with Crippen LogP contribution in [-0.2, 0) is 17.7 Å². The summed E-state index contributed by atoms with van der Waals surface area (Å²) >= 11 is 0. The molecule has 3 rings (SSSR count). The zero-order valence-corrected chi connectivity index (χ0v) is 12.2. The van der Waals surface area contributed by atoms with E-state index in [0.717, 1.165) is 24.5 Å². The summed E-state index contributed by atoms with van der Waals surface area (Å²) in [6.45, 7) is 4.02. The first kappa shape index (κ1) is 13.8. The highest BCUT2D eigenvalue weighted by molar-refractivity contribution is 5.92. The number of fused-ring (bicyclic) bond motifs is 1. The number of hydrogen-bond acceptors (Lipinski definition) is 5. The van der Waals surface area contributed by atoms with Crippen LogP contribution in [0.2, 0.25) is 0 Å². The number of hydrogen-bond donors (Lipinski definition) is 0. The number of carbonyl (C=O) groups is 1. The second-order valence-electron chi connectivity index (χ2n) is 5.05. The Balaban J connectivity index is 1.81. The van der Waals surface area contributed by atoms with Gasteiger partial charge in [0.1, 0.15) is 12.1 Å². The fourth-order valence-electron chi connectivity index (χ4n) is 2.71. The van der Waals surface area contributed by atoms with Crippen molar-refractivity contribution in [2.24, 2.45) is 0 Å². The molecule has 3 heterocycles. The van der Waals surface area contributed by atoms with Crippen molar-refractivity contribution in [2.45, 2.75) is 25.9 Å². The van der Waals surface area contributed by atoms with E-state index in [0.29, 0.717) is 18.8 Å². The zero-order chi connectivity index (χ0) is 14.8. The quantitative estimate of drug-likeness (QED) is 0.848. The highest BCUT2D eigenvalue weighted by Gasteiger charge is 2.31. The molecule has 0 saturated carbocycles. The van der Waals surface area contributed by atoms with Gasteiger partial charge in [-0.25, -0.2) is 9.97 Å². The molecule has 0 saturated heterocycles. The van der Waals surface area contributed by atoms with Crippen LogP contribution in [0, 0.1) is 0 Å². The van der Waals surface area contributed by atoms with Crippen LogP contribution in [0.5, 0.6) is 0 Å². The van der Waals surface area contributed by atoms with Crippen LogP contribution in [0.4, 0.5) is 0 Å². The number of carbonyl (C=O) groups excluding carboxylic acids is 1. The number of aromatic nitrogens is 3. The molecular formula is C14H18N4O3. The van der Waals surface area contributed by atoms with Crippen molar-refractivity contribution in [3.05, 3.63) is 36.1 Å². The van der Waals surface area contributed by atoms with Crippen molar-refractivity contribution >= 4 is 5.91 Å². The predicted octanol–water partition coefficient (Wildman–Crippen LogP) is 1.28. The van der Waals surface area contributed by atoms with Gasteiger partial charge in [0.25, 0.3) is 5.91 Å². The Morgan fingerprint density at radius 2 is 2.33 bits per heavy atom. The summed E-state index contributed by atoms with van der Waals surface area (Å²) in [4.78, 5) is 22.6. The number of nitrogens with zero attached hydrogens (tertiary/aromatic N) is 4. The Hall–Kier alpha value is -2.15. The molecule has 112 valence electrons. The molecule has 1 atom stereocenters. The molecule has 1 aliphatic rings. The Labute approximate surface area is 122 Å². The van der Waals surface area contributed by atoms with Crippen molar-refractivity contribution in [1.29, 1.82) is 0 Å². The van der Waals surface area contributed by atoms with E-state index in [1.165, 1.54) is 12.7 Å². The minimum absolute atomic E-state index is 0.0840. The number of ether oxygens (including phenoxy) is 1.